The summed E-state index contributed by atoms with van der Waals surface area (Å²) in [7, 11) is 1.47. The molecule has 112 valence electrons. The number of benzene rings is 2. The number of rotatable bonds is 4. The Bertz CT molecular complexity index is 767. The van der Waals surface area contributed by atoms with Crippen molar-refractivity contribution in [1.82, 2.24) is 9.36 Å². The molecule has 0 aliphatic heterocycles. The zero-order valence-electron chi connectivity index (χ0n) is 11.7. The number of aromatic nitrogens is 2. The average molecular weight is 318 g/mol. The SMILES string of the molecule is COc1nc(Cc2c(F)cc(-c3ccccc3)cc2F)ns1. The van der Waals surface area contributed by atoms with Crippen molar-refractivity contribution in [2.24, 2.45) is 0 Å². The normalized spacial score (nSPS) is 10.7. The highest BCUT2D eigenvalue weighted by atomic mass is 32.1. The van der Waals surface area contributed by atoms with Crippen molar-refractivity contribution in [3.8, 4) is 16.3 Å². The minimum absolute atomic E-state index is 0.00734. The van der Waals surface area contributed by atoms with Gasteiger partial charge in [-0.1, -0.05) is 30.3 Å². The van der Waals surface area contributed by atoms with Gasteiger partial charge in [-0.05, 0) is 23.3 Å². The number of nitrogens with zero attached hydrogens (tertiary/aromatic N) is 2. The molecule has 0 radical (unpaired) electrons. The molecule has 0 atom stereocenters. The first kappa shape index (κ1) is 14.6. The minimum Gasteiger partial charge on any atom is -0.472 e. The van der Waals surface area contributed by atoms with Crippen molar-refractivity contribution >= 4 is 11.5 Å². The van der Waals surface area contributed by atoms with E-state index >= 15 is 0 Å². The van der Waals surface area contributed by atoms with E-state index in [4.69, 9.17) is 4.74 Å². The maximum atomic E-state index is 14.2. The lowest BCUT2D eigenvalue weighted by Crippen LogP contribution is -2.00. The zero-order valence-corrected chi connectivity index (χ0v) is 12.5. The van der Waals surface area contributed by atoms with Crippen LogP contribution in [0.1, 0.15) is 11.4 Å². The Hall–Kier alpha value is -2.34. The van der Waals surface area contributed by atoms with E-state index in [1.807, 2.05) is 18.2 Å². The van der Waals surface area contributed by atoms with E-state index < -0.39 is 11.6 Å². The molecular formula is C16H12F2N2OS. The van der Waals surface area contributed by atoms with Crippen LogP contribution in [0.25, 0.3) is 11.1 Å². The minimum atomic E-state index is -0.604. The summed E-state index contributed by atoms with van der Waals surface area (Å²) in [4.78, 5) is 4.04. The van der Waals surface area contributed by atoms with Crippen molar-refractivity contribution in [1.29, 1.82) is 0 Å². The fourth-order valence-electron chi connectivity index (χ4n) is 2.12. The van der Waals surface area contributed by atoms with E-state index in [1.54, 1.807) is 12.1 Å². The average Bonchev–Trinajstić information content (AvgIpc) is 2.99. The Labute approximate surface area is 130 Å². The van der Waals surface area contributed by atoms with E-state index in [2.05, 4.69) is 9.36 Å². The van der Waals surface area contributed by atoms with Crippen LogP contribution in [0.15, 0.2) is 42.5 Å². The van der Waals surface area contributed by atoms with E-state index in [0.29, 0.717) is 16.6 Å². The van der Waals surface area contributed by atoms with Crippen LogP contribution >= 0.6 is 11.5 Å². The molecule has 0 unspecified atom stereocenters. The highest BCUT2D eigenvalue weighted by Gasteiger charge is 2.15. The molecule has 0 aliphatic rings. The number of hydrogen-bond acceptors (Lipinski definition) is 4. The van der Waals surface area contributed by atoms with Crippen LogP contribution in [0.4, 0.5) is 8.78 Å². The van der Waals surface area contributed by atoms with Gasteiger partial charge in [0.05, 0.1) is 7.11 Å². The summed E-state index contributed by atoms with van der Waals surface area (Å²) in [6.07, 6.45) is -0.00734. The first-order valence-electron chi connectivity index (χ1n) is 6.57. The summed E-state index contributed by atoms with van der Waals surface area (Å²) in [6.45, 7) is 0. The molecule has 6 heteroatoms. The Morgan fingerprint density at radius 3 is 2.32 bits per heavy atom. The van der Waals surface area contributed by atoms with Crippen molar-refractivity contribution in [2.45, 2.75) is 6.42 Å². The number of hydrogen-bond donors (Lipinski definition) is 0. The van der Waals surface area contributed by atoms with Crippen LogP contribution in [0.2, 0.25) is 0 Å². The molecule has 0 aliphatic carbocycles. The third-order valence-electron chi connectivity index (χ3n) is 3.21. The topological polar surface area (TPSA) is 35.0 Å². The van der Waals surface area contributed by atoms with Crippen molar-refractivity contribution in [2.75, 3.05) is 7.11 Å². The standard InChI is InChI=1S/C16H12F2N2OS/c1-21-16-19-15(20-22-16)9-12-13(17)7-11(8-14(12)18)10-5-3-2-4-6-10/h2-8H,9H2,1H3. The molecule has 3 nitrogen and oxygen atoms in total. The number of methoxy groups -OCH3 is 1. The third-order valence-corrected chi connectivity index (χ3v) is 3.92. The second-order valence-corrected chi connectivity index (χ2v) is 5.36. The molecule has 1 heterocycles. The molecule has 3 aromatic rings. The molecule has 3 rings (SSSR count). The molecule has 22 heavy (non-hydrogen) atoms. The molecular weight excluding hydrogens is 306 g/mol. The van der Waals surface area contributed by atoms with Crippen LogP contribution in [-0.4, -0.2) is 16.5 Å². The third kappa shape index (κ3) is 2.96. The van der Waals surface area contributed by atoms with Crippen LogP contribution in [0, 0.1) is 11.6 Å². The summed E-state index contributed by atoms with van der Waals surface area (Å²) in [5.74, 6) is -0.868. The molecule has 0 bridgehead atoms. The molecule has 0 N–H and O–H groups in total. The Balaban J connectivity index is 1.93. The summed E-state index contributed by atoms with van der Waals surface area (Å²) < 4.78 is 37.4. The molecule has 0 saturated carbocycles. The van der Waals surface area contributed by atoms with E-state index in [-0.39, 0.29) is 12.0 Å². The highest BCUT2D eigenvalue weighted by Crippen LogP contribution is 2.26. The highest BCUT2D eigenvalue weighted by molar-refractivity contribution is 7.07. The summed E-state index contributed by atoms with van der Waals surface area (Å²) in [5.41, 5.74) is 1.23. The summed E-state index contributed by atoms with van der Waals surface area (Å²) in [6, 6.07) is 11.8. The zero-order chi connectivity index (χ0) is 15.5. The smallest absolute Gasteiger partial charge is 0.292 e. The van der Waals surface area contributed by atoms with Gasteiger partial charge >= 0.3 is 0 Å². The fourth-order valence-corrected chi connectivity index (χ4v) is 2.63. The van der Waals surface area contributed by atoms with Crippen LogP contribution < -0.4 is 4.74 Å². The number of halogens is 2. The van der Waals surface area contributed by atoms with Crippen LogP contribution in [0.3, 0.4) is 0 Å². The van der Waals surface area contributed by atoms with Crippen molar-refractivity contribution < 1.29 is 13.5 Å². The second-order valence-electron chi connectivity index (χ2n) is 4.64. The van der Waals surface area contributed by atoms with Gasteiger partial charge in [-0.25, -0.2) is 8.78 Å². The molecule has 0 spiro atoms. The monoisotopic (exact) mass is 318 g/mol. The summed E-state index contributed by atoms with van der Waals surface area (Å²) in [5, 5.41) is 0.372. The molecule has 0 saturated heterocycles. The van der Waals surface area contributed by atoms with E-state index in [9.17, 15) is 8.78 Å². The van der Waals surface area contributed by atoms with Crippen LogP contribution in [0.5, 0.6) is 5.19 Å². The van der Waals surface area contributed by atoms with Gasteiger partial charge in [0.15, 0.2) is 5.82 Å². The molecule has 0 fully saturated rings. The van der Waals surface area contributed by atoms with Crippen molar-refractivity contribution in [3.05, 3.63) is 65.5 Å². The second kappa shape index (κ2) is 6.19. The van der Waals surface area contributed by atoms with Gasteiger partial charge in [-0.2, -0.15) is 9.36 Å². The van der Waals surface area contributed by atoms with Gasteiger partial charge in [0.1, 0.15) is 11.6 Å². The van der Waals surface area contributed by atoms with Gasteiger partial charge < -0.3 is 4.74 Å². The molecule has 2 aromatic carbocycles. The van der Waals surface area contributed by atoms with Gasteiger partial charge in [0, 0.05) is 23.5 Å². The lowest BCUT2D eigenvalue weighted by molar-refractivity contribution is 0.410. The quantitative estimate of drug-likeness (QED) is 0.727. The molecule has 1 aromatic heterocycles. The Morgan fingerprint density at radius 2 is 1.73 bits per heavy atom. The van der Waals surface area contributed by atoms with E-state index in [0.717, 1.165) is 17.1 Å². The van der Waals surface area contributed by atoms with Gasteiger partial charge in [-0.15, -0.1) is 0 Å². The molecule has 0 amide bonds. The Kier molecular flexibility index (Phi) is 4.11. The maximum Gasteiger partial charge on any atom is 0.292 e. The predicted molar refractivity (Wildman–Crippen MR) is 81.1 cm³/mol. The van der Waals surface area contributed by atoms with Crippen molar-refractivity contribution in [3.63, 3.8) is 0 Å². The van der Waals surface area contributed by atoms with Gasteiger partial charge in [0.2, 0.25) is 0 Å². The lowest BCUT2D eigenvalue weighted by Gasteiger charge is -2.07. The lowest BCUT2D eigenvalue weighted by atomic mass is 10.0. The van der Waals surface area contributed by atoms with Crippen LogP contribution in [-0.2, 0) is 6.42 Å². The van der Waals surface area contributed by atoms with Gasteiger partial charge in [-0.3, -0.25) is 0 Å². The Morgan fingerprint density at radius 1 is 1.05 bits per heavy atom. The number of ether oxygens (including phenoxy) is 1. The maximum absolute atomic E-state index is 14.2. The summed E-state index contributed by atoms with van der Waals surface area (Å²) >= 11 is 1.05. The first-order chi connectivity index (χ1) is 10.7. The first-order valence-corrected chi connectivity index (χ1v) is 7.34. The largest absolute Gasteiger partial charge is 0.472 e. The van der Waals surface area contributed by atoms with Gasteiger partial charge in [0.25, 0.3) is 5.19 Å². The van der Waals surface area contributed by atoms with E-state index in [1.165, 1.54) is 19.2 Å². The predicted octanol–water partition coefficient (Wildman–Crippen LogP) is 4.08. The fraction of sp³-hybridized carbons (Fsp3) is 0.125.